The summed E-state index contributed by atoms with van der Waals surface area (Å²) in [6, 6.07) is 16.2. The molecule has 3 nitrogen and oxygen atoms in total. The smallest absolute Gasteiger partial charge is 0.127 e. The van der Waals surface area contributed by atoms with Crippen molar-refractivity contribution in [3.05, 3.63) is 54.1 Å². The number of ether oxygens (including phenoxy) is 2. The molecule has 0 aromatic heterocycles. The Hall–Kier alpha value is -2.00. The third kappa shape index (κ3) is 4.50. The summed E-state index contributed by atoms with van der Waals surface area (Å²) in [7, 11) is 0. The zero-order valence-electron chi connectivity index (χ0n) is 12.9. The Labute approximate surface area is 126 Å². The summed E-state index contributed by atoms with van der Waals surface area (Å²) in [5.74, 6) is 2.51. The van der Waals surface area contributed by atoms with Gasteiger partial charge in [0, 0.05) is 6.04 Å². The molecule has 1 N–H and O–H groups in total. The van der Waals surface area contributed by atoms with E-state index in [0.717, 1.165) is 23.8 Å². The van der Waals surface area contributed by atoms with Crippen molar-refractivity contribution in [2.45, 2.75) is 26.8 Å². The van der Waals surface area contributed by atoms with Crippen LogP contribution in [0.25, 0.3) is 0 Å². The molecule has 0 aliphatic carbocycles. The molecule has 0 spiro atoms. The van der Waals surface area contributed by atoms with E-state index in [2.05, 4.69) is 31.3 Å². The first kappa shape index (κ1) is 15.4. The van der Waals surface area contributed by atoms with E-state index in [-0.39, 0.29) is 0 Å². The van der Waals surface area contributed by atoms with Crippen LogP contribution < -0.4 is 14.8 Å². The second-order valence-electron chi connectivity index (χ2n) is 4.85. The van der Waals surface area contributed by atoms with Gasteiger partial charge in [-0.2, -0.15) is 0 Å². The van der Waals surface area contributed by atoms with Crippen LogP contribution in [0.2, 0.25) is 0 Å². The molecule has 0 amide bonds. The number of hydrogen-bond donors (Lipinski definition) is 1. The van der Waals surface area contributed by atoms with Crippen LogP contribution in [0.4, 0.5) is 0 Å². The largest absolute Gasteiger partial charge is 0.494 e. The van der Waals surface area contributed by atoms with Gasteiger partial charge in [-0.25, -0.2) is 0 Å². The zero-order valence-corrected chi connectivity index (χ0v) is 12.9. The molecule has 0 saturated carbocycles. The zero-order chi connectivity index (χ0) is 15.1. The Bertz CT molecular complexity index is 534. The van der Waals surface area contributed by atoms with E-state index in [9.17, 15) is 0 Å². The minimum Gasteiger partial charge on any atom is -0.494 e. The molecule has 3 heteroatoms. The monoisotopic (exact) mass is 285 g/mol. The van der Waals surface area contributed by atoms with Gasteiger partial charge >= 0.3 is 0 Å². The second-order valence-corrected chi connectivity index (χ2v) is 4.85. The third-order valence-corrected chi connectivity index (χ3v) is 3.26. The molecule has 1 atom stereocenters. The topological polar surface area (TPSA) is 30.5 Å². The highest BCUT2D eigenvalue weighted by Gasteiger charge is 2.04. The van der Waals surface area contributed by atoms with Crippen molar-refractivity contribution in [1.29, 1.82) is 0 Å². The highest BCUT2D eigenvalue weighted by atomic mass is 16.5. The lowest BCUT2D eigenvalue weighted by molar-refractivity contribution is 0.339. The van der Waals surface area contributed by atoms with Gasteiger partial charge in [0.05, 0.1) is 6.61 Å². The highest BCUT2D eigenvalue weighted by molar-refractivity contribution is 5.36. The maximum absolute atomic E-state index is 5.83. The van der Waals surface area contributed by atoms with Crippen molar-refractivity contribution >= 4 is 0 Å². The molecule has 112 valence electrons. The Morgan fingerprint density at radius 3 is 1.90 bits per heavy atom. The lowest BCUT2D eigenvalue weighted by Gasteiger charge is -2.13. The summed E-state index contributed by atoms with van der Waals surface area (Å²) >= 11 is 0. The van der Waals surface area contributed by atoms with E-state index in [1.165, 1.54) is 5.56 Å². The van der Waals surface area contributed by atoms with Gasteiger partial charge in [-0.05, 0) is 62.4 Å². The standard InChI is InChI=1S/C18H23NO2/c1-4-19-14(3)15-6-8-17(9-7-15)21-18-12-10-16(11-13-18)20-5-2/h6-14,19H,4-5H2,1-3H3. The third-order valence-electron chi connectivity index (χ3n) is 3.26. The maximum atomic E-state index is 5.83. The van der Waals surface area contributed by atoms with Gasteiger partial charge in [-0.1, -0.05) is 19.1 Å². The summed E-state index contributed by atoms with van der Waals surface area (Å²) in [6.45, 7) is 7.88. The van der Waals surface area contributed by atoms with Gasteiger partial charge < -0.3 is 14.8 Å². The number of rotatable bonds is 7. The lowest BCUT2D eigenvalue weighted by atomic mass is 10.1. The van der Waals surface area contributed by atoms with Crippen LogP contribution >= 0.6 is 0 Å². The second kappa shape index (κ2) is 7.70. The van der Waals surface area contributed by atoms with Crippen molar-refractivity contribution in [2.24, 2.45) is 0 Å². The normalized spacial score (nSPS) is 12.0. The molecular formula is C18H23NO2. The van der Waals surface area contributed by atoms with Crippen LogP contribution in [0.5, 0.6) is 17.2 Å². The molecule has 0 heterocycles. The first-order valence-electron chi connectivity index (χ1n) is 7.47. The molecule has 0 radical (unpaired) electrons. The quantitative estimate of drug-likeness (QED) is 0.809. The molecule has 0 fully saturated rings. The van der Waals surface area contributed by atoms with Crippen LogP contribution in [0.15, 0.2) is 48.5 Å². The molecule has 2 aromatic carbocycles. The van der Waals surface area contributed by atoms with Crippen LogP contribution in [0, 0.1) is 0 Å². The first-order valence-corrected chi connectivity index (χ1v) is 7.47. The van der Waals surface area contributed by atoms with E-state index in [1.807, 2.05) is 43.3 Å². The minimum absolute atomic E-state index is 0.356. The van der Waals surface area contributed by atoms with Crippen LogP contribution in [0.1, 0.15) is 32.4 Å². The van der Waals surface area contributed by atoms with Crippen molar-refractivity contribution in [2.75, 3.05) is 13.2 Å². The van der Waals surface area contributed by atoms with Gasteiger partial charge in [-0.15, -0.1) is 0 Å². The minimum atomic E-state index is 0.356. The summed E-state index contributed by atoms with van der Waals surface area (Å²) in [5, 5.41) is 3.39. The van der Waals surface area contributed by atoms with Crippen LogP contribution in [0.3, 0.4) is 0 Å². The van der Waals surface area contributed by atoms with Gasteiger partial charge in [-0.3, -0.25) is 0 Å². The van der Waals surface area contributed by atoms with E-state index in [4.69, 9.17) is 9.47 Å². The van der Waals surface area contributed by atoms with Gasteiger partial charge in [0.2, 0.25) is 0 Å². The molecule has 0 saturated heterocycles. The molecule has 2 aromatic rings. The molecule has 0 bridgehead atoms. The van der Waals surface area contributed by atoms with Crippen LogP contribution in [-0.4, -0.2) is 13.2 Å². The average molecular weight is 285 g/mol. The SMILES string of the molecule is CCNC(C)c1ccc(Oc2ccc(OCC)cc2)cc1. The Kier molecular flexibility index (Phi) is 5.64. The fourth-order valence-electron chi connectivity index (χ4n) is 2.16. The molecule has 1 unspecified atom stereocenters. The lowest BCUT2D eigenvalue weighted by Crippen LogP contribution is -2.17. The summed E-state index contributed by atoms with van der Waals surface area (Å²) in [4.78, 5) is 0. The summed E-state index contributed by atoms with van der Waals surface area (Å²) in [6.07, 6.45) is 0. The number of hydrogen-bond acceptors (Lipinski definition) is 3. The molecule has 21 heavy (non-hydrogen) atoms. The predicted molar refractivity (Wildman–Crippen MR) is 86.2 cm³/mol. The first-order chi connectivity index (χ1) is 10.2. The maximum Gasteiger partial charge on any atom is 0.127 e. The van der Waals surface area contributed by atoms with E-state index in [0.29, 0.717) is 12.6 Å². The van der Waals surface area contributed by atoms with Gasteiger partial charge in [0.15, 0.2) is 0 Å². The number of nitrogens with one attached hydrogen (secondary N) is 1. The van der Waals surface area contributed by atoms with Crippen molar-refractivity contribution in [1.82, 2.24) is 5.32 Å². The predicted octanol–water partition coefficient (Wildman–Crippen LogP) is 4.55. The molecular weight excluding hydrogens is 262 g/mol. The van der Waals surface area contributed by atoms with E-state index in [1.54, 1.807) is 0 Å². The highest BCUT2D eigenvalue weighted by Crippen LogP contribution is 2.25. The van der Waals surface area contributed by atoms with Crippen molar-refractivity contribution in [3.63, 3.8) is 0 Å². The Morgan fingerprint density at radius 1 is 0.857 bits per heavy atom. The van der Waals surface area contributed by atoms with Crippen LogP contribution in [-0.2, 0) is 0 Å². The van der Waals surface area contributed by atoms with Gasteiger partial charge in [0.1, 0.15) is 17.2 Å². The molecule has 0 aliphatic rings. The van der Waals surface area contributed by atoms with Crippen molar-refractivity contribution < 1.29 is 9.47 Å². The molecule has 2 rings (SSSR count). The summed E-state index contributed by atoms with van der Waals surface area (Å²) in [5.41, 5.74) is 1.26. The summed E-state index contributed by atoms with van der Waals surface area (Å²) < 4.78 is 11.2. The Morgan fingerprint density at radius 2 is 1.38 bits per heavy atom. The number of benzene rings is 2. The molecule has 0 aliphatic heterocycles. The van der Waals surface area contributed by atoms with Crippen molar-refractivity contribution in [3.8, 4) is 17.2 Å². The fraction of sp³-hybridized carbons (Fsp3) is 0.333. The van der Waals surface area contributed by atoms with E-state index >= 15 is 0 Å². The van der Waals surface area contributed by atoms with E-state index < -0.39 is 0 Å². The fourth-order valence-corrected chi connectivity index (χ4v) is 2.16. The Balaban J connectivity index is 1.99. The average Bonchev–Trinajstić information content (AvgIpc) is 2.50. The van der Waals surface area contributed by atoms with Gasteiger partial charge in [0.25, 0.3) is 0 Å².